The predicted molar refractivity (Wildman–Crippen MR) is 93.9 cm³/mol. The van der Waals surface area contributed by atoms with E-state index in [4.69, 9.17) is 9.57 Å². The lowest BCUT2D eigenvalue weighted by Gasteiger charge is -2.27. The molecular formula is C18H22N4O3. The summed E-state index contributed by atoms with van der Waals surface area (Å²) in [6.07, 6.45) is 1.77. The molecule has 2 amide bonds. The zero-order valence-corrected chi connectivity index (χ0v) is 14.0. The van der Waals surface area contributed by atoms with E-state index in [2.05, 4.69) is 20.7 Å². The van der Waals surface area contributed by atoms with E-state index in [0.29, 0.717) is 13.2 Å². The Bertz CT molecular complexity index is 658. The van der Waals surface area contributed by atoms with Crippen molar-refractivity contribution < 1.29 is 14.4 Å². The maximum atomic E-state index is 11.7. The van der Waals surface area contributed by atoms with Crippen LogP contribution in [0.15, 0.2) is 48.7 Å². The van der Waals surface area contributed by atoms with Gasteiger partial charge < -0.3 is 15.0 Å². The number of ether oxygens (including phenoxy) is 1. The fourth-order valence-electron chi connectivity index (χ4n) is 2.48. The molecule has 2 aromatic rings. The van der Waals surface area contributed by atoms with E-state index in [0.717, 1.165) is 43.2 Å². The lowest BCUT2D eigenvalue weighted by molar-refractivity contribution is 0.0490. The first-order valence-corrected chi connectivity index (χ1v) is 8.28. The van der Waals surface area contributed by atoms with Crippen LogP contribution >= 0.6 is 0 Å². The molecule has 0 spiro atoms. The molecule has 0 aliphatic carbocycles. The number of urea groups is 1. The Balaban J connectivity index is 1.38. The van der Waals surface area contributed by atoms with Crippen molar-refractivity contribution >= 4 is 11.8 Å². The molecule has 132 valence electrons. The SMILES string of the molecule is O=C(NCc1ccc(N2CCOCC2)nc1)NOCc1ccccc1. The summed E-state index contributed by atoms with van der Waals surface area (Å²) in [7, 11) is 0. The summed E-state index contributed by atoms with van der Waals surface area (Å²) in [5.74, 6) is 0.933. The minimum absolute atomic E-state index is 0.323. The number of hydroxylamine groups is 1. The van der Waals surface area contributed by atoms with Gasteiger partial charge in [-0.25, -0.2) is 15.3 Å². The molecule has 7 heteroatoms. The average Bonchev–Trinajstić information content (AvgIpc) is 2.68. The first-order valence-electron chi connectivity index (χ1n) is 8.28. The first kappa shape index (κ1) is 17.2. The van der Waals surface area contributed by atoms with Gasteiger partial charge in [0.15, 0.2) is 0 Å². The van der Waals surface area contributed by atoms with Crippen molar-refractivity contribution in [3.8, 4) is 0 Å². The number of anilines is 1. The highest BCUT2D eigenvalue weighted by molar-refractivity contribution is 5.72. The van der Waals surface area contributed by atoms with E-state index in [1.54, 1.807) is 6.20 Å². The molecule has 0 bridgehead atoms. The van der Waals surface area contributed by atoms with Crippen molar-refractivity contribution in [2.45, 2.75) is 13.2 Å². The zero-order valence-electron chi connectivity index (χ0n) is 14.0. The van der Waals surface area contributed by atoms with Gasteiger partial charge in [0.05, 0.1) is 19.8 Å². The van der Waals surface area contributed by atoms with Crippen LogP contribution < -0.4 is 15.7 Å². The zero-order chi connectivity index (χ0) is 17.3. The van der Waals surface area contributed by atoms with Gasteiger partial charge in [-0.1, -0.05) is 36.4 Å². The second kappa shape index (κ2) is 9.00. The highest BCUT2D eigenvalue weighted by Crippen LogP contribution is 2.12. The summed E-state index contributed by atoms with van der Waals surface area (Å²) in [4.78, 5) is 23.5. The van der Waals surface area contributed by atoms with E-state index in [1.807, 2.05) is 42.5 Å². The normalized spacial score (nSPS) is 14.2. The van der Waals surface area contributed by atoms with Crippen LogP contribution in [0.25, 0.3) is 0 Å². The molecule has 1 aliphatic heterocycles. The number of nitrogens with one attached hydrogen (secondary N) is 2. The summed E-state index contributed by atoms with van der Waals surface area (Å²) >= 11 is 0. The van der Waals surface area contributed by atoms with E-state index in [9.17, 15) is 4.79 Å². The maximum Gasteiger partial charge on any atom is 0.338 e. The van der Waals surface area contributed by atoms with Crippen LogP contribution in [0.4, 0.5) is 10.6 Å². The van der Waals surface area contributed by atoms with E-state index in [1.165, 1.54) is 0 Å². The monoisotopic (exact) mass is 342 g/mol. The molecule has 0 atom stereocenters. The lowest BCUT2D eigenvalue weighted by atomic mass is 10.2. The third-order valence-corrected chi connectivity index (χ3v) is 3.84. The van der Waals surface area contributed by atoms with Gasteiger partial charge in [0.25, 0.3) is 0 Å². The minimum Gasteiger partial charge on any atom is -0.378 e. The molecule has 2 heterocycles. The van der Waals surface area contributed by atoms with Gasteiger partial charge in [-0.3, -0.25) is 4.84 Å². The number of morpholine rings is 1. The Morgan fingerprint density at radius 3 is 2.64 bits per heavy atom. The molecule has 3 rings (SSSR count). The van der Waals surface area contributed by atoms with Gasteiger partial charge in [0.2, 0.25) is 0 Å². The van der Waals surface area contributed by atoms with Crippen molar-refractivity contribution in [3.63, 3.8) is 0 Å². The molecule has 1 aromatic carbocycles. The second-order valence-electron chi connectivity index (χ2n) is 5.68. The lowest BCUT2D eigenvalue weighted by Crippen LogP contribution is -2.37. The molecule has 0 saturated carbocycles. The summed E-state index contributed by atoms with van der Waals surface area (Å²) < 4.78 is 5.33. The van der Waals surface area contributed by atoms with Crippen LogP contribution in [0.5, 0.6) is 0 Å². The van der Waals surface area contributed by atoms with Gasteiger partial charge in [0.1, 0.15) is 5.82 Å². The summed E-state index contributed by atoms with van der Waals surface area (Å²) in [5.41, 5.74) is 4.29. The van der Waals surface area contributed by atoms with Crippen LogP contribution in [0.1, 0.15) is 11.1 Å². The summed E-state index contributed by atoms with van der Waals surface area (Å²) in [6.45, 7) is 3.88. The topological polar surface area (TPSA) is 75.7 Å². The highest BCUT2D eigenvalue weighted by Gasteiger charge is 2.12. The molecular weight excluding hydrogens is 320 g/mol. The molecule has 25 heavy (non-hydrogen) atoms. The number of amides is 2. The number of aromatic nitrogens is 1. The number of benzene rings is 1. The fraction of sp³-hybridized carbons (Fsp3) is 0.333. The van der Waals surface area contributed by atoms with E-state index < -0.39 is 0 Å². The Hall–Kier alpha value is -2.64. The van der Waals surface area contributed by atoms with Crippen molar-refractivity contribution in [3.05, 3.63) is 59.8 Å². The molecule has 1 aromatic heterocycles. The number of nitrogens with zero attached hydrogens (tertiary/aromatic N) is 2. The van der Waals surface area contributed by atoms with Crippen molar-refractivity contribution in [2.24, 2.45) is 0 Å². The van der Waals surface area contributed by atoms with Crippen LogP contribution in [0.3, 0.4) is 0 Å². The molecule has 2 N–H and O–H groups in total. The Kier molecular flexibility index (Phi) is 6.19. The number of pyridine rings is 1. The van der Waals surface area contributed by atoms with Gasteiger partial charge in [-0.2, -0.15) is 0 Å². The largest absolute Gasteiger partial charge is 0.378 e. The number of carbonyl (C=O) groups excluding carboxylic acids is 1. The van der Waals surface area contributed by atoms with Crippen LogP contribution in [0.2, 0.25) is 0 Å². The van der Waals surface area contributed by atoms with Gasteiger partial charge >= 0.3 is 6.03 Å². The van der Waals surface area contributed by atoms with Gasteiger partial charge in [-0.05, 0) is 17.2 Å². The number of carbonyl (C=O) groups is 1. The molecule has 0 unspecified atom stereocenters. The second-order valence-corrected chi connectivity index (χ2v) is 5.68. The van der Waals surface area contributed by atoms with Crippen molar-refractivity contribution in [1.82, 2.24) is 15.8 Å². The minimum atomic E-state index is -0.381. The average molecular weight is 342 g/mol. The molecule has 1 aliphatic rings. The predicted octanol–water partition coefficient (Wildman–Crippen LogP) is 1.85. The van der Waals surface area contributed by atoms with Crippen LogP contribution in [-0.2, 0) is 22.7 Å². The van der Waals surface area contributed by atoms with E-state index in [-0.39, 0.29) is 6.03 Å². The van der Waals surface area contributed by atoms with Gasteiger partial charge in [-0.15, -0.1) is 0 Å². The molecule has 1 saturated heterocycles. The smallest absolute Gasteiger partial charge is 0.338 e. The number of rotatable bonds is 6. The Morgan fingerprint density at radius 1 is 1.12 bits per heavy atom. The summed E-state index contributed by atoms with van der Waals surface area (Å²) in [5, 5.41) is 2.74. The standard InChI is InChI=1S/C18H22N4O3/c23-18(21-25-14-15-4-2-1-3-5-15)20-13-16-6-7-17(19-12-16)22-8-10-24-11-9-22/h1-7,12H,8-11,13-14H2,(H2,20,21,23). The third-order valence-electron chi connectivity index (χ3n) is 3.84. The van der Waals surface area contributed by atoms with Gasteiger partial charge in [0, 0.05) is 25.8 Å². The van der Waals surface area contributed by atoms with E-state index >= 15 is 0 Å². The number of hydrogen-bond donors (Lipinski definition) is 2. The van der Waals surface area contributed by atoms with Crippen molar-refractivity contribution in [2.75, 3.05) is 31.2 Å². The molecule has 7 nitrogen and oxygen atoms in total. The first-order chi connectivity index (χ1) is 12.3. The Morgan fingerprint density at radius 2 is 1.92 bits per heavy atom. The van der Waals surface area contributed by atoms with Crippen LogP contribution in [-0.4, -0.2) is 37.3 Å². The highest BCUT2D eigenvalue weighted by atomic mass is 16.7. The Labute approximate surface area is 146 Å². The third kappa shape index (κ3) is 5.44. The van der Waals surface area contributed by atoms with Crippen LogP contribution in [0, 0.1) is 0 Å². The van der Waals surface area contributed by atoms with Crippen molar-refractivity contribution in [1.29, 1.82) is 0 Å². The number of hydrogen-bond acceptors (Lipinski definition) is 5. The molecule has 0 radical (unpaired) electrons. The molecule has 1 fully saturated rings. The maximum absolute atomic E-state index is 11.7. The fourth-order valence-corrected chi connectivity index (χ4v) is 2.48. The summed E-state index contributed by atoms with van der Waals surface area (Å²) in [6, 6.07) is 13.2. The quantitative estimate of drug-likeness (QED) is 0.784.